The van der Waals surface area contributed by atoms with E-state index < -0.39 is 17.5 Å². The van der Waals surface area contributed by atoms with Gasteiger partial charge in [0.05, 0.1) is 0 Å². The van der Waals surface area contributed by atoms with Gasteiger partial charge in [-0.2, -0.15) is 13.2 Å². The summed E-state index contributed by atoms with van der Waals surface area (Å²) in [5, 5.41) is -1.43. The number of alkyl halides is 3. The summed E-state index contributed by atoms with van der Waals surface area (Å²) >= 11 is 0.919. The summed E-state index contributed by atoms with van der Waals surface area (Å²) in [5.74, 6) is 0.825. The van der Waals surface area contributed by atoms with E-state index in [2.05, 4.69) is 0 Å². The van der Waals surface area contributed by atoms with Crippen molar-refractivity contribution in [3.63, 3.8) is 0 Å². The zero-order valence-corrected chi connectivity index (χ0v) is 9.58. The summed E-state index contributed by atoms with van der Waals surface area (Å²) in [6.45, 7) is 5.32. The van der Waals surface area contributed by atoms with Crippen LogP contribution in [0.5, 0.6) is 0 Å². The average Bonchev–Trinajstić information content (AvgIpc) is 2.01. The molecule has 0 aromatic carbocycles. The van der Waals surface area contributed by atoms with E-state index in [-0.39, 0.29) is 0 Å². The summed E-state index contributed by atoms with van der Waals surface area (Å²) < 4.78 is 37.3. The molecule has 0 aromatic heterocycles. The van der Waals surface area contributed by atoms with Crippen LogP contribution in [0, 0.1) is 5.92 Å². The SMILES string of the molecule is CCC(C)CSC(C(C)N)C(F)(F)F. The second kappa shape index (κ2) is 5.85. The number of rotatable bonds is 5. The molecule has 0 saturated carbocycles. The van der Waals surface area contributed by atoms with Gasteiger partial charge in [-0.15, -0.1) is 11.8 Å². The van der Waals surface area contributed by atoms with Crippen LogP contribution < -0.4 is 5.73 Å². The van der Waals surface area contributed by atoms with Crippen molar-refractivity contribution in [2.75, 3.05) is 5.75 Å². The van der Waals surface area contributed by atoms with Crippen molar-refractivity contribution in [2.24, 2.45) is 11.7 Å². The zero-order chi connectivity index (χ0) is 11.4. The van der Waals surface area contributed by atoms with Crippen molar-refractivity contribution < 1.29 is 13.2 Å². The third-order valence-electron chi connectivity index (χ3n) is 2.06. The topological polar surface area (TPSA) is 26.0 Å². The largest absolute Gasteiger partial charge is 0.402 e. The fourth-order valence-corrected chi connectivity index (χ4v) is 2.19. The highest BCUT2D eigenvalue weighted by atomic mass is 32.2. The third-order valence-corrected chi connectivity index (χ3v) is 3.87. The van der Waals surface area contributed by atoms with Gasteiger partial charge in [-0.1, -0.05) is 20.3 Å². The monoisotopic (exact) mass is 229 g/mol. The van der Waals surface area contributed by atoms with Crippen LogP contribution in [0.1, 0.15) is 27.2 Å². The van der Waals surface area contributed by atoms with Crippen LogP contribution in [0.3, 0.4) is 0 Å². The molecule has 0 aliphatic heterocycles. The summed E-state index contributed by atoms with van der Waals surface area (Å²) in [4.78, 5) is 0. The van der Waals surface area contributed by atoms with Crippen LogP contribution in [-0.4, -0.2) is 23.2 Å². The lowest BCUT2D eigenvalue weighted by molar-refractivity contribution is -0.131. The Bertz CT molecular complexity index is 159. The molecular weight excluding hydrogens is 211 g/mol. The number of hydrogen-bond donors (Lipinski definition) is 1. The Hall–Kier alpha value is 0.100. The Morgan fingerprint density at radius 2 is 1.79 bits per heavy atom. The Balaban J connectivity index is 4.12. The molecule has 0 radical (unpaired) electrons. The summed E-state index contributed by atoms with van der Waals surface area (Å²) in [6, 6.07) is -0.843. The van der Waals surface area contributed by atoms with Gasteiger partial charge in [-0.05, 0) is 18.6 Å². The first kappa shape index (κ1) is 14.1. The molecule has 0 aliphatic carbocycles. The van der Waals surface area contributed by atoms with Crippen LogP contribution in [0.4, 0.5) is 13.2 Å². The Morgan fingerprint density at radius 3 is 2.07 bits per heavy atom. The van der Waals surface area contributed by atoms with E-state index in [4.69, 9.17) is 5.73 Å². The maximum atomic E-state index is 12.4. The molecule has 0 aromatic rings. The molecule has 5 heteroatoms. The molecule has 0 aliphatic rings. The van der Waals surface area contributed by atoms with Gasteiger partial charge < -0.3 is 5.73 Å². The summed E-state index contributed by atoms with van der Waals surface area (Å²) in [7, 11) is 0. The normalized spacial score (nSPS) is 19.1. The fraction of sp³-hybridized carbons (Fsp3) is 1.00. The highest BCUT2D eigenvalue weighted by Gasteiger charge is 2.42. The van der Waals surface area contributed by atoms with Crippen molar-refractivity contribution in [1.29, 1.82) is 0 Å². The van der Waals surface area contributed by atoms with Gasteiger partial charge in [0.2, 0.25) is 0 Å². The first-order chi connectivity index (χ1) is 6.29. The smallest absolute Gasteiger partial charge is 0.327 e. The Morgan fingerprint density at radius 1 is 1.29 bits per heavy atom. The minimum Gasteiger partial charge on any atom is -0.327 e. The van der Waals surface area contributed by atoms with Gasteiger partial charge in [-0.25, -0.2) is 0 Å². The molecule has 0 heterocycles. The molecule has 3 atom stereocenters. The van der Waals surface area contributed by atoms with Crippen LogP contribution in [0.15, 0.2) is 0 Å². The van der Waals surface area contributed by atoms with E-state index in [1.54, 1.807) is 0 Å². The average molecular weight is 229 g/mol. The molecule has 0 rings (SSSR count). The van der Waals surface area contributed by atoms with Crippen LogP contribution >= 0.6 is 11.8 Å². The van der Waals surface area contributed by atoms with Gasteiger partial charge in [0.25, 0.3) is 0 Å². The zero-order valence-electron chi connectivity index (χ0n) is 8.77. The number of hydrogen-bond acceptors (Lipinski definition) is 2. The summed E-state index contributed by atoms with van der Waals surface area (Å²) in [5.41, 5.74) is 5.31. The predicted molar refractivity (Wildman–Crippen MR) is 55.4 cm³/mol. The molecule has 0 bridgehead atoms. The van der Waals surface area contributed by atoms with Gasteiger partial charge in [0.15, 0.2) is 0 Å². The lowest BCUT2D eigenvalue weighted by atomic mass is 10.2. The van der Waals surface area contributed by atoms with Gasteiger partial charge >= 0.3 is 6.18 Å². The van der Waals surface area contributed by atoms with Crippen LogP contribution in [0.2, 0.25) is 0 Å². The van der Waals surface area contributed by atoms with E-state index in [1.807, 2.05) is 13.8 Å². The molecule has 1 nitrogen and oxygen atoms in total. The second-order valence-corrected chi connectivity index (χ2v) is 4.84. The highest BCUT2D eigenvalue weighted by molar-refractivity contribution is 8.00. The molecule has 0 spiro atoms. The maximum Gasteiger partial charge on any atom is 0.402 e. The van der Waals surface area contributed by atoms with Gasteiger partial charge in [0, 0.05) is 6.04 Å². The number of halogens is 3. The first-order valence-corrected chi connectivity index (χ1v) is 5.77. The van der Waals surface area contributed by atoms with Crippen molar-refractivity contribution >= 4 is 11.8 Å². The molecule has 14 heavy (non-hydrogen) atoms. The standard InChI is InChI=1S/C9H18F3NS/c1-4-6(2)5-14-8(7(3)13)9(10,11)12/h6-8H,4-5,13H2,1-3H3. The van der Waals surface area contributed by atoms with Gasteiger partial charge in [0.1, 0.15) is 5.25 Å². The number of nitrogens with two attached hydrogens (primary N) is 1. The van der Waals surface area contributed by atoms with Crippen molar-refractivity contribution in [2.45, 2.75) is 44.7 Å². The minimum atomic E-state index is -4.19. The maximum absolute atomic E-state index is 12.4. The molecule has 0 amide bonds. The van der Waals surface area contributed by atoms with Crippen LogP contribution in [-0.2, 0) is 0 Å². The molecule has 0 saturated heterocycles. The molecule has 86 valence electrons. The summed E-state index contributed by atoms with van der Waals surface area (Å²) in [6.07, 6.45) is -3.29. The fourth-order valence-electron chi connectivity index (χ4n) is 0.930. The van der Waals surface area contributed by atoms with E-state index in [0.29, 0.717) is 11.7 Å². The first-order valence-electron chi connectivity index (χ1n) is 4.72. The molecule has 3 unspecified atom stereocenters. The lowest BCUT2D eigenvalue weighted by Crippen LogP contribution is -2.41. The molecule has 0 fully saturated rings. The second-order valence-electron chi connectivity index (χ2n) is 3.67. The van der Waals surface area contributed by atoms with Crippen molar-refractivity contribution in [1.82, 2.24) is 0 Å². The third kappa shape index (κ3) is 5.10. The Labute approximate surface area is 87.6 Å². The Kier molecular flexibility index (Phi) is 5.90. The number of thioether (sulfide) groups is 1. The minimum absolute atomic E-state index is 0.309. The molecular formula is C9H18F3NS. The van der Waals surface area contributed by atoms with Crippen molar-refractivity contribution in [3.05, 3.63) is 0 Å². The van der Waals surface area contributed by atoms with Gasteiger partial charge in [-0.3, -0.25) is 0 Å². The quantitative estimate of drug-likeness (QED) is 0.784. The predicted octanol–water partition coefficient (Wildman–Crippen LogP) is 3.04. The van der Waals surface area contributed by atoms with Crippen LogP contribution in [0.25, 0.3) is 0 Å². The highest BCUT2D eigenvalue weighted by Crippen LogP contribution is 2.33. The van der Waals surface area contributed by atoms with E-state index in [1.165, 1.54) is 6.92 Å². The van der Waals surface area contributed by atoms with Crippen molar-refractivity contribution in [3.8, 4) is 0 Å². The van der Waals surface area contributed by atoms with E-state index in [0.717, 1.165) is 18.2 Å². The lowest BCUT2D eigenvalue weighted by Gasteiger charge is -2.24. The van der Waals surface area contributed by atoms with E-state index >= 15 is 0 Å². The van der Waals surface area contributed by atoms with E-state index in [9.17, 15) is 13.2 Å². The molecule has 2 N–H and O–H groups in total.